The van der Waals surface area contributed by atoms with Crippen LogP contribution >= 0.6 is 11.8 Å². The van der Waals surface area contributed by atoms with E-state index in [1.165, 1.54) is 63.9 Å². The summed E-state index contributed by atoms with van der Waals surface area (Å²) in [4.78, 5) is 11.1. The highest BCUT2D eigenvalue weighted by molar-refractivity contribution is 8.00. The molecule has 6 unspecified atom stereocenters. The zero-order valence-electron chi connectivity index (χ0n) is 15.8. The molecular formula is C18H36N5OS+. The van der Waals surface area contributed by atoms with Crippen LogP contribution in [0, 0.1) is 5.92 Å². The Kier molecular flexibility index (Phi) is 6.22. The summed E-state index contributed by atoms with van der Waals surface area (Å²) in [6.07, 6.45) is 9.03. The first-order valence-corrected chi connectivity index (χ1v) is 11.3. The van der Waals surface area contributed by atoms with Gasteiger partial charge in [-0.3, -0.25) is 20.0 Å². The average Bonchev–Trinajstić information content (AvgIpc) is 3.37. The molecule has 0 amide bonds. The molecule has 25 heavy (non-hydrogen) atoms. The van der Waals surface area contributed by atoms with E-state index in [2.05, 4.69) is 51.8 Å². The van der Waals surface area contributed by atoms with E-state index < -0.39 is 0 Å². The molecule has 6 nitrogen and oxygen atoms in total. The van der Waals surface area contributed by atoms with Crippen molar-refractivity contribution < 1.29 is 10.2 Å². The molecule has 4 heterocycles. The Hall–Kier alpha value is 0.110. The maximum atomic E-state index is 6.04. The normalized spacial score (nSPS) is 43.3. The van der Waals surface area contributed by atoms with Gasteiger partial charge in [0.1, 0.15) is 12.4 Å². The van der Waals surface area contributed by atoms with Gasteiger partial charge in [-0.2, -0.15) is 17.2 Å². The van der Waals surface area contributed by atoms with Crippen molar-refractivity contribution in [2.24, 2.45) is 5.92 Å². The van der Waals surface area contributed by atoms with Gasteiger partial charge in [0.05, 0.1) is 18.8 Å². The van der Waals surface area contributed by atoms with E-state index in [0.717, 1.165) is 5.25 Å². The third-order valence-electron chi connectivity index (χ3n) is 6.57. The molecule has 4 fully saturated rings. The summed E-state index contributed by atoms with van der Waals surface area (Å²) in [5.41, 5.74) is 3.33. The van der Waals surface area contributed by atoms with E-state index in [-0.39, 0.29) is 6.23 Å². The standard InChI is InChI=1S/C18H35N5OS/c1-22(2)16-8-7-13(11-19-16)17-20-18(24-21-17)15-6-3-9-23(15)12-14-5-4-10-25-14/h13-21H,3-12H2,1-2H3/p+1. The van der Waals surface area contributed by atoms with Crippen molar-refractivity contribution in [2.45, 2.75) is 68.4 Å². The molecule has 0 spiro atoms. The van der Waals surface area contributed by atoms with Gasteiger partial charge in [0.25, 0.3) is 0 Å². The molecule has 0 radical (unpaired) electrons. The van der Waals surface area contributed by atoms with Gasteiger partial charge in [0, 0.05) is 24.1 Å². The Labute approximate surface area is 156 Å². The Balaban J connectivity index is 1.27. The fourth-order valence-corrected chi connectivity index (χ4v) is 6.31. The predicted octanol–water partition coefficient (Wildman–Crippen LogP) is -0.0159. The van der Waals surface area contributed by atoms with Crippen LogP contribution in [-0.4, -0.2) is 79.1 Å². The quantitative estimate of drug-likeness (QED) is 0.633. The van der Waals surface area contributed by atoms with Crippen LogP contribution in [0.1, 0.15) is 38.5 Å². The van der Waals surface area contributed by atoms with E-state index in [1.54, 1.807) is 0 Å². The first-order valence-electron chi connectivity index (χ1n) is 10.2. The smallest absolute Gasteiger partial charge is 0.146 e. The maximum Gasteiger partial charge on any atom is 0.146 e. The number of nitrogens with one attached hydrogen (secondary N) is 2. The molecule has 0 aromatic heterocycles. The molecule has 4 aliphatic heterocycles. The molecule has 4 N–H and O–H groups in total. The number of hydroxylamine groups is 1. The molecule has 0 saturated carbocycles. The van der Waals surface area contributed by atoms with Gasteiger partial charge in [-0.1, -0.05) is 0 Å². The van der Waals surface area contributed by atoms with Crippen LogP contribution in [0.15, 0.2) is 0 Å². The topological polar surface area (TPSA) is 56.4 Å². The first-order chi connectivity index (χ1) is 12.2. The van der Waals surface area contributed by atoms with Crippen LogP contribution in [0.25, 0.3) is 0 Å². The molecule has 7 heteroatoms. The van der Waals surface area contributed by atoms with Crippen LogP contribution in [0.5, 0.6) is 0 Å². The molecule has 4 rings (SSSR count). The number of nitrogens with two attached hydrogens (primary N) is 1. The van der Waals surface area contributed by atoms with Gasteiger partial charge in [-0.05, 0) is 58.5 Å². The number of quaternary nitrogens is 1. The van der Waals surface area contributed by atoms with E-state index in [0.29, 0.717) is 24.3 Å². The molecule has 0 aliphatic carbocycles. The molecule has 144 valence electrons. The van der Waals surface area contributed by atoms with E-state index in [1.807, 2.05) is 0 Å². The van der Waals surface area contributed by atoms with Crippen molar-refractivity contribution in [3.8, 4) is 0 Å². The van der Waals surface area contributed by atoms with Gasteiger partial charge in [-0.25, -0.2) is 0 Å². The second-order valence-electron chi connectivity index (χ2n) is 8.48. The van der Waals surface area contributed by atoms with Crippen molar-refractivity contribution in [3.63, 3.8) is 0 Å². The Morgan fingerprint density at radius 2 is 2.12 bits per heavy atom. The lowest BCUT2D eigenvalue weighted by Crippen LogP contribution is -2.96. The van der Waals surface area contributed by atoms with Gasteiger partial charge in [0.15, 0.2) is 0 Å². The van der Waals surface area contributed by atoms with Crippen LogP contribution in [-0.2, 0) is 4.84 Å². The van der Waals surface area contributed by atoms with Gasteiger partial charge in [-0.15, -0.1) is 0 Å². The molecule has 0 bridgehead atoms. The fraction of sp³-hybridized carbons (Fsp3) is 1.00. The summed E-state index contributed by atoms with van der Waals surface area (Å²) in [6.45, 7) is 3.68. The summed E-state index contributed by atoms with van der Waals surface area (Å²) >= 11 is 2.17. The van der Waals surface area contributed by atoms with Crippen LogP contribution in [0.2, 0.25) is 0 Å². The van der Waals surface area contributed by atoms with Gasteiger partial charge < -0.3 is 5.32 Å². The number of nitrogens with zero attached hydrogens (tertiary/aromatic N) is 2. The number of hydrogen-bond donors (Lipinski definition) is 3. The first kappa shape index (κ1) is 18.5. The largest absolute Gasteiger partial charge is 0.331 e. The molecule has 0 aromatic carbocycles. The summed E-state index contributed by atoms with van der Waals surface area (Å²) in [6, 6.07) is 0.542. The monoisotopic (exact) mass is 370 g/mol. The number of likely N-dealkylation sites (tertiary alicyclic amines) is 1. The van der Waals surface area contributed by atoms with Crippen molar-refractivity contribution in [1.82, 2.24) is 20.6 Å². The molecular weight excluding hydrogens is 334 g/mol. The summed E-state index contributed by atoms with van der Waals surface area (Å²) < 4.78 is 0. The Morgan fingerprint density at radius 1 is 1.20 bits per heavy atom. The number of piperidine rings is 1. The second-order valence-corrected chi connectivity index (χ2v) is 9.89. The Morgan fingerprint density at radius 3 is 2.84 bits per heavy atom. The molecule has 0 aromatic rings. The lowest BCUT2D eigenvalue weighted by Gasteiger charge is -2.33. The minimum absolute atomic E-state index is 0.158. The van der Waals surface area contributed by atoms with Crippen molar-refractivity contribution >= 4 is 11.8 Å². The maximum absolute atomic E-state index is 6.04. The highest BCUT2D eigenvalue weighted by Crippen LogP contribution is 2.31. The third kappa shape index (κ3) is 4.34. The highest BCUT2D eigenvalue weighted by Gasteiger charge is 2.42. The summed E-state index contributed by atoms with van der Waals surface area (Å²) in [5.74, 6) is 2.01. The third-order valence-corrected chi connectivity index (χ3v) is 7.95. The second kappa shape index (κ2) is 8.42. The zero-order chi connectivity index (χ0) is 17.2. The number of hydrogen-bond acceptors (Lipinski definition) is 6. The van der Waals surface area contributed by atoms with Crippen molar-refractivity contribution in [1.29, 1.82) is 0 Å². The van der Waals surface area contributed by atoms with E-state index in [4.69, 9.17) is 4.84 Å². The molecule has 6 atom stereocenters. The van der Waals surface area contributed by atoms with Crippen LogP contribution in [0.3, 0.4) is 0 Å². The lowest BCUT2D eigenvalue weighted by molar-refractivity contribution is -0.721. The van der Waals surface area contributed by atoms with Gasteiger partial charge in [0.2, 0.25) is 0 Å². The summed E-state index contributed by atoms with van der Waals surface area (Å²) in [7, 11) is 4.37. The number of thioether (sulfide) groups is 1. The Bertz CT molecular complexity index is 426. The average molecular weight is 371 g/mol. The van der Waals surface area contributed by atoms with Crippen molar-refractivity contribution in [2.75, 3.05) is 39.5 Å². The van der Waals surface area contributed by atoms with Crippen LogP contribution < -0.4 is 16.1 Å². The van der Waals surface area contributed by atoms with E-state index in [9.17, 15) is 0 Å². The molecule has 4 saturated heterocycles. The summed E-state index contributed by atoms with van der Waals surface area (Å²) in [5, 5.41) is 7.13. The van der Waals surface area contributed by atoms with Crippen LogP contribution in [0.4, 0.5) is 0 Å². The number of rotatable bonds is 5. The van der Waals surface area contributed by atoms with E-state index >= 15 is 0 Å². The predicted molar refractivity (Wildman–Crippen MR) is 102 cm³/mol. The minimum atomic E-state index is 0.158. The minimum Gasteiger partial charge on any atom is -0.331 e. The van der Waals surface area contributed by atoms with Gasteiger partial charge >= 0.3 is 0 Å². The molecule has 4 aliphatic rings. The van der Waals surface area contributed by atoms with Crippen molar-refractivity contribution in [3.05, 3.63) is 0 Å². The lowest BCUT2D eigenvalue weighted by atomic mass is 9.94. The SMILES string of the molecule is CN(C)C1CCC(C2NOC(C3CCCN3CC3CCCS3)N2)C[NH2+]1. The fourth-order valence-electron chi connectivity index (χ4n) is 5.01. The highest BCUT2D eigenvalue weighted by atomic mass is 32.2. The zero-order valence-corrected chi connectivity index (χ0v) is 16.6.